The second-order valence-electron chi connectivity index (χ2n) is 41.1. The predicted octanol–water partition coefficient (Wildman–Crippen LogP) is 27.0. The van der Waals surface area contributed by atoms with Crippen molar-refractivity contribution < 1.29 is 0 Å². The topological polar surface area (TPSA) is 16.3 Å². The van der Waals surface area contributed by atoms with Crippen molar-refractivity contribution in [2.24, 2.45) is 0 Å². The molecule has 0 saturated heterocycles. The molecule has 2 aliphatic rings. The van der Waals surface area contributed by atoms with E-state index >= 15 is 0 Å². The molecule has 0 aliphatic carbocycles. The number of anilines is 6. The van der Waals surface area contributed by atoms with Gasteiger partial charge in [0.05, 0.1) is 22.1 Å². The highest BCUT2D eigenvalue weighted by atomic mass is 15.2. The molecule has 11 aromatic carbocycles. The maximum atomic E-state index is 2.65. The Morgan fingerprint density at radius 1 is 0.196 bits per heavy atom. The Morgan fingerprint density at radius 2 is 0.477 bits per heavy atom. The summed E-state index contributed by atoms with van der Waals surface area (Å²) in [5.74, 6) is 0. The third kappa shape index (κ3) is 13.0. The Morgan fingerprint density at radius 3 is 0.794 bits per heavy atom. The first-order chi connectivity index (χ1) is 49.7. The summed E-state index contributed by atoms with van der Waals surface area (Å²) in [6, 6.07) is 82.9. The normalized spacial score (nSPS) is 14.1. The van der Waals surface area contributed by atoms with Crippen molar-refractivity contribution in [1.82, 2.24) is 9.13 Å². The van der Waals surface area contributed by atoms with Crippen LogP contribution in [0.5, 0.6) is 0 Å². The molecular weight excluding hydrogens is 1290 g/mol. The van der Waals surface area contributed by atoms with E-state index in [1.165, 1.54) is 155 Å². The molecule has 0 amide bonds. The summed E-state index contributed by atoms with van der Waals surface area (Å²) in [5.41, 5.74) is 34.3. The lowest BCUT2D eigenvalue weighted by Crippen LogP contribution is -2.61. The average molecular weight is 1410 g/mol. The zero-order valence-corrected chi connectivity index (χ0v) is 69.5. The van der Waals surface area contributed by atoms with Gasteiger partial charge in [-0.3, -0.25) is 0 Å². The van der Waals surface area contributed by atoms with Crippen LogP contribution in [0.1, 0.15) is 237 Å². The van der Waals surface area contributed by atoms with Gasteiger partial charge in [0.1, 0.15) is 0 Å². The van der Waals surface area contributed by atoms with Gasteiger partial charge in [-0.2, -0.15) is 0 Å². The van der Waals surface area contributed by atoms with Gasteiger partial charge in [0.25, 0.3) is 6.71 Å². The third-order valence-electron chi connectivity index (χ3n) is 23.7. The highest BCUT2D eigenvalue weighted by Crippen LogP contribution is 2.50. The smallest absolute Gasteiger partial charge is 0.252 e. The molecule has 4 heterocycles. The third-order valence-corrected chi connectivity index (χ3v) is 23.7. The van der Waals surface area contributed by atoms with Crippen molar-refractivity contribution in [3.63, 3.8) is 0 Å². The van der Waals surface area contributed by atoms with Crippen LogP contribution in [-0.4, -0.2) is 15.8 Å². The maximum absolute atomic E-state index is 2.65. The van der Waals surface area contributed by atoms with Crippen LogP contribution < -0.4 is 26.2 Å². The fourth-order valence-corrected chi connectivity index (χ4v) is 16.6. The number of nitrogens with zero attached hydrogens (tertiary/aromatic N) is 4. The number of hydrogen-bond acceptors (Lipinski definition) is 2. The van der Waals surface area contributed by atoms with E-state index in [2.05, 4.69) is 412 Å². The molecule has 0 saturated carbocycles. The molecule has 0 bridgehead atoms. The quantitative estimate of drug-likeness (QED) is 0.154. The monoisotopic (exact) mass is 1410 g/mol. The van der Waals surface area contributed by atoms with E-state index < -0.39 is 0 Å². The zero-order chi connectivity index (χ0) is 76.9. The molecule has 0 radical (unpaired) electrons. The van der Waals surface area contributed by atoms with Gasteiger partial charge in [0.2, 0.25) is 0 Å². The van der Waals surface area contributed by atoms with E-state index in [0.717, 1.165) is 22.7 Å². The lowest BCUT2D eigenvalue weighted by molar-refractivity contribution is 0.568. The minimum Gasteiger partial charge on any atom is -0.311 e. The van der Waals surface area contributed by atoms with Crippen LogP contribution in [0, 0.1) is 0 Å². The van der Waals surface area contributed by atoms with Gasteiger partial charge in [-0.25, -0.2) is 0 Å². The first-order valence-electron chi connectivity index (χ1n) is 39.5. The lowest BCUT2D eigenvalue weighted by Gasteiger charge is -2.45. The van der Waals surface area contributed by atoms with Crippen LogP contribution in [0.25, 0.3) is 77.2 Å². The van der Waals surface area contributed by atoms with Gasteiger partial charge < -0.3 is 18.9 Å². The van der Waals surface area contributed by atoms with Crippen molar-refractivity contribution in [2.45, 2.75) is 236 Å². The van der Waals surface area contributed by atoms with Gasteiger partial charge in [-0.05, 0) is 235 Å². The Balaban J connectivity index is 1.04. The number of rotatable bonds is 6. The fraction of sp³-hybridized carbons (Fsp3) is 0.353. The number of benzene rings is 11. The Bertz CT molecular complexity index is 5530. The van der Waals surface area contributed by atoms with E-state index in [-0.39, 0.29) is 55.4 Å². The van der Waals surface area contributed by atoms with Gasteiger partial charge in [0.15, 0.2) is 0 Å². The predicted molar refractivity (Wildman–Crippen MR) is 468 cm³/mol. The molecule has 546 valence electrons. The first kappa shape index (κ1) is 73.2. The van der Waals surface area contributed by atoms with Gasteiger partial charge in [0, 0.05) is 67.0 Å². The molecule has 4 nitrogen and oxygen atoms in total. The summed E-state index contributed by atoms with van der Waals surface area (Å²) < 4.78 is 5.15. The molecule has 5 heteroatoms. The number of hydrogen-bond donors (Lipinski definition) is 0. The largest absolute Gasteiger partial charge is 0.311 e. The molecule has 0 unspecified atom stereocenters. The highest BCUT2D eigenvalue weighted by molar-refractivity contribution is 7.00. The molecule has 0 fully saturated rings. The van der Waals surface area contributed by atoms with Crippen molar-refractivity contribution in [3.8, 4) is 33.6 Å². The van der Waals surface area contributed by atoms with Crippen LogP contribution >= 0.6 is 0 Å². The molecule has 2 aliphatic heterocycles. The Kier molecular flexibility index (Phi) is 16.8. The molecule has 0 spiro atoms. The van der Waals surface area contributed by atoms with Crippen molar-refractivity contribution in [3.05, 3.63) is 256 Å². The standard InChI is InChI=1S/C102H115BN4/c1-94(2,3)66-34-46-85-81(54-66)82-55-67(95(4,5)6)35-47-86(82)106(85)77-40-44-83-89(60-77)104(75-36-28-62(29-37-75)64-48-70(98(13,14)15)52-71(49-64)99(16,17)18)91-58-74(102(25,26)27)59-92-93(91)103(83)84-45-41-78(107-87-56-68(96(7,8)9)32-42-79(87)80-43-33-69(57-88(80)107)97(10,11)12)61-90(84)105(92)76-38-30-63(31-39-76)65-50-72(100(19,20)21)53-73(51-65)101(22,23)24/h28-61H,1-27H3. The van der Waals surface area contributed by atoms with E-state index in [0.29, 0.717) is 0 Å². The van der Waals surface area contributed by atoms with Crippen LogP contribution in [0.2, 0.25) is 0 Å². The number of fused-ring (bicyclic) bond motifs is 10. The summed E-state index contributed by atoms with van der Waals surface area (Å²) in [5, 5.41) is 5.09. The highest BCUT2D eigenvalue weighted by Gasteiger charge is 2.45. The molecule has 0 atom stereocenters. The first-order valence-corrected chi connectivity index (χ1v) is 39.5. The molecule has 2 aromatic heterocycles. The molecular formula is C102H115BN4. The summed E-state index contributed by atoms with van der Waals surface area (Å²) in [6.45, 7) is 63.2. The second-order valence-corrected chi connectivity index (χ2v) is 41.1. The van der Waals surface area contributed by atoms with Gasteiger partial charge in [-0.1, -0.05) is 296 Å². The minimum absolute atomic E-state index is 0.0271. The van der Waals surface area contributed by atoms with Gasteiger partial charge >= 0.3 is 0 Å². The maximum Gasteiger partial charge on any atom is 0.252 e. The number of aromatic nitrogens is 2. The van der Waals surface area contributed by atoms with Crippen molar-refractivity contribution in [1.29, 1.82) is 0 Å². The fourth-order valence-electron chi connectivity index (χ4n) is 16.6. The minimum atomic E-state index is -0.249. The zero-order valence-electron chi connectivity index (χ0n) is 69.5. The summed E-state index contributed by atoms with van der Waals surface area (Å²) >= 11 is 0. The second kappa shape index (κ2) is 24.6. The van der Waals surface area contributed by atoms with Crippen LogP contribution in [-0.2, 0) is 48.7 Å². The average Bonchev–Trinajstić information content (AvgIpc) is 0.784. The van der Waals surface area contributed by atoms with Gasteiger partial charge in [-0.15, -0.1) is 0 Å². The van der Waals surface area contributed by atoms with Crippen LogP contribution in [0.4, 0.5) is 34.1 Å². The Hall–Kier alpha value is -9.32. The molecule has 15 rings (SSSR count). The van der Waals surface area contributed by atoms with E-state index in [1.54, 1.807) is 0 Å². The summed E-state index contributed by atoms with van der Waals surface area (Å²) in [4.78, 5) is 5.30. The Labute approximate surface area is 641 Å². The summed E-state index contributed by atoms with van der Waals surface area (Å²) in [7, 11) is 0. The lowest BCUT2D eigenvalue weighted by atomic mass is 9.33. The van der Waals surface area contributed by atoms with Crippen molar-refractivity contribution in [2.75, 3.05) is 9.80 Å². The SMILES string of the molecule is CC(C)(C)c1cc(-c2ccc(N3c4cc(-n5c6ccc(C(C)(C)C)cc6c6cc(C(C)(C)C)ccc65)ccc4B4c5ccc(-n6c7cc(C(C)(C)C)ccc7c7ccc(C(C)(C)C)cc76)cc5N(c5ccc(-c6cc(C(C)(C)C)cc(C(C)(C)C)c6)cc5)c5cc(C(C)(C)C)cc3c54)cc2)cc(C(C)(C)C)c1. The van der Waals surface area contributed by atoms with E-state index in [4.69, 9.17) is 0 Å². The van der Waals surface area contributed by atoms with Crippen LogP contribution in [0.3, 0.4) is 0 Å². The summed E-state index contributed by atoms with van der Waals surface area (Å²) in [6.07, 6.45) is 0. The molecule has 107 heavy (non-hydrogen) atoms. The molecule has 0 N–H and O–H groups in total. The van der Waals surface area contributed by atoms with Crippen LogP contribution in [0.15, 0.2) is 206 Å². The van der Waals surface area contributed by atoms with Crippen molar-refractivity contribution >= 4 is 101 Å². The van der Waals surface area contributed by atoms with E-state index in [1.807, 2.05) is 0 Å². The molecule has 13 aromatic rings. The van der Waals surface area contributed by atoms with E-state index in [9.17, 15) is 0 Å².